The third-order valence-corrected chi connectivity index (χ3v) is 7.49. The molecular weight excluding hydrogens is 502 g/mol. The minimum Gasteiger partial charge on any atom is -0.376 e. The Morgan fingerprint density at radius 3 is 2.47 bits per heavy atom. The van der Waals surface area contributed by atoms with Gasteiger partial charge in [0.15, 0.2) is 0 Å². The standard InChI is InChI=1S/C29H31N3O5S/c1-22-15-17-38-27(22)20-30(18-24-6-3-2-4-7-24)29(34)21-31(19-26-8-5-16-37-26)28(33)14-11-23-9-12-25(13-10-23)32(35)36/h2-4,6-7,9-15,17,26H,5,8,16,18-21H2,1H3. The number of aryl methyl sites for hydroxylation is 1. The van der Waals surface area contributed by atoms with Crippen molar-refractivity contribution in [2.75, 3.05) is 19.7 Å². The Kier molecular flexibility index (Phi) is 9.40. The number of non-ortho nitro benzene ring substituents is 1. The maximum Gasteiger partial charge on any atom is 0.269 e. The predicted octanol–water partition coefficient (Wildman–Crippen LogP) is 5.21. The highest BCUT2D eigenvalue weighted by molar-refractivity contribution is 7.10. The molecule has 1 saturated heterocycles. The number of hydrogen-bond donors (Lipinski definition) is 0. The molecule has 3 aromatic rings. The summed E-state index contributed by atoms with van der Waals surface area (Å²) in [7, 11) is 0. The maximum absolute atomic E-state index is 13.7. The van der Waals surface area contributed by atoms with Gasteiger partial charge in [-0.1, -0.05) is 30.3 Å². The molecule has 1 unspecified atom stereocenters. The van der Waals surface area contributed by atoms with E-state index in [1.807, 2.05) is 48.7 Å². The zero-order chi connectivity index (χ0) is 26.9. The van der Waals surface area contributed by atoms with Crippen LogP contribution < -0.4 is 0 Å². The molecule has 4 rings (SSSR count). The third kappa shape index (κ3) is 7.60. The summed E-state index contributed by atoms with van der Waals surface area (Å²) < 4.78 is 5.77. The Hall–Kier alpha value is -3.82. The van der Waals surface area contributed by atoms with E-state index in [4.69, 9.17) is 4.74 Å². The van der Waals surface area contributed by atoms with Crippen molar-refractivity contribution in [3.8, 4) is 0 Å². The molecule has 0 bridgehead atoms. The van der Waals surface area contributed by atoms with Crippen molar-refractivity contribution in [1.82, 2.24) is 9.80 Å². The molecule has 1 aliphatic heterocycles. The van der Waals surface area contributed by atoms with Crippen LogP contribution in [0.15, 0.2) is 72.1 Å². The summed E-state index contributed by atoms with van der Waals surface area (Å²) in [5, 5.41) is 12.9. The minimum absolute atomic E-state index is 0.0152. The largest absolute Gasteiger partial charge is 0.376 e. The first-order chi connectivity index (χ1) is 18.4. The zero-order valence-electron chi connectivity index (χ0n) is 21.3. The number of rotatable bonds is 11. The van der Waals surface area contributed by atoms with Gasteiger partial charge in [0.2, 0.25) is 11.8 Å². The number of ether oxygens (including phenoxy) is 1. The van der Waals surface area contributed by atoms with Crippen molar-refractivity contribution < 1.29 is 19.2 Å². The van der Waals surface area contributed by atoms with E-state index in [1.165, 1.54) is 18.2 Å². The summed E-state index contributed by atoms with van der Waals surface area (Å²) in [5.74, 6) is -0.448. The normalized spacial score (nSPS) is 15.0. The fourth-order valence-electron chi connectivity index (χ4n) is 4.29. The van der Waals surface area contributed by atoms with Crippen LogP contribution in [0, 0.1) is 17.0 Å². The Labute approximate surface area is 226 Å². The number of nitrogens with zero attached hydrogens (tertiary/aromatic N) is 3. The highest BCUT2D eigenvalue weighted by Gasteiger charge is 2.26. The average Bonchev–Trinajstić information content (AvgIpc) is 3.59. The van der Waals surface area contributed by atoms with Crippen LogP contribution in [0.1, 0.15) is 34.4 Å². The monoisotopic (exact) mass is 533 g/mol. The van der Waals surface area contributed by atoms with Gasteiger partial charge in [0, 0.05) is 42.8 Å². The lowest BCUT2D eigenvalue weighted by Crippen LogP contribution is -2.44. The van der Waals surface area contributed by atoms with Gasteiger partial charge in [-0.15, -0.1) is 11.3 Å². The van der Waals surface area contributed by atoms with Crippen molar-refractivity contribution in [3.05, 3.63) is 104 Å². The summed E-state index contributed by atoms with van der Waals surface area (Å²) in [6.45, 7) is 3.85. The van der Waals surface area contributed by atoms with E-state index in [0.29, 0.717) is 31.8 Å². The Bertz CT molecular complexity index is 1270. The highest BCUT2D eigenvalue weighted by atomic mass is 32.1. The number of carbonyl (C=O) groups is 2. The first-order valence-corrected chi connectivity index (χ1v) is 13.4. The number of benzene rings is 2. The average molecular weight is 534 g/mol. The van der Waals surface area contributed by atoms with Crippen LogP contribution in [0.3, 0.4) is 0 Å². The minimum atomic E-state index is -0.466. The summed E-state index contributed by atoms with van der Waals surface area (Å²) in [4.78, 5) is 41.8. The van der Waals surface area contributed by atoms with Gasteiger partial charge in [0.25, 0.3) is 5.69 Å². The molecule has 2 aromatic carbocycles. The van der Waals surface area contributed by atoms with E-state index in [1.54, 1.807) is 39.3 Å². The molecule has 0 aliphatic carbocycles. The summed E-state index contributed by atoms with van der Waals surface area (Å²) in [6, 6.07) is 17.8. The fraction of sp³-hybridized carbons (Fsp3) is 0.310. The number of thiophene rings is 1. The van der Waals surface area contributed by atoms with Crippen molar-refractivity contribution in [2.24, 2.45) is 0 Å². The summed E-state index contributed by atoms with van der Waals surface area (Å²) in [5.41, 5.74) is 2.80. The fourth-order valence-corrected chi connectivity index (χ4v) is 5.21. The summed E-state index contributed by atoms with van der Waals surface area (Å²) in [6.07, 6.45) is 4.68. The van der Waals surface area contributed by atoms with E-state index in [0.717, 1.165) is 28.8 Å². The van der Waals surface area contributed by atoms with Crippen LogP contribution in [-0.4, -0.2) is 52.3 Å². The molecule has 2 amide bonds. The topological polar surface area (TPSA) is 93.0 Å². The molecule has 0 N–H and O–H groups in total. The van der Waals surface area contributed by atoms with E-state index < -0.39 is 4.92 Å². The second-order valence-electron chi connectivity index (χ2n) is 9.30. The van der Waals surface area contributed by atoms with Crippen LogP contribution in [-0.2, 0) is 27.4 Å². The van der Waals surface area contributed by atoms with Crippen molar-refractivity contribution >= 4 is 34.9 Å². The quantitative estimate of drug-likeness (QED) is 0.192. The lowest BCUT2D eigenvalue weighted by molar-refractivity contribution is -0.384. The van der Waals surface area contributed by atoms with Gasteiger partial charge >= 0.3 is 0 Å². The molecule has 1 aromatic heterocycles. The molecule has 38 heavy (non-hydrogen) atoms. The highest BCUT2D eigenvalue weighted by Crippen LogP contribution is 2.21. The van der Waals surface area contributed by atoms with Gasteiger partial charge < -0.3 is 14.5 Å². The SMILES string of the molecule is Cc1ccsc1CN(Cc1ccccc1)C(=O)CN(CC1CCCO1)C(=O)C=Cc1ccc([N+](=O)[O-])cc1. The predicted molar refractivity (Wildman–Crippen MR) is 147 cm³/mol. The Morgan fingerprint density at radius 1 is 1.08 bits per heavy atom. The molecule has 0 radical (unpaired) electrons. The first-order valence-electron chi connectivity index (χ1n) is 12.6. The smallest absolute Gasteiger partial charge is 0.269 e. The molecule has 0 saturated carbocycles. The number of carbonyl (C=O) groups excluding carboxylic acids is 2. The number of amides is 2. The van der Waals surface area contributed by atoms with Gasteiger partial charge in [-0.3, -0.25) is 19.7 Å². The van der Waals surface area contributed by atoms with E-state index in [2.05, 4.69) is 0 Å². The number of hydrogen-bond acceptors (Lipinski definition) is 6. The molecule has 9 heteroatoms. The number of nitro benzene ring substituents is 1. The van der Waals surface area contributed by atoms with Crippen molar-refractivity contribution in [2.45, 2.75) is 39.0 Å². The van der Waals surface area contributed by atoms with Crippen LogP contribution in [0.5, 0.6) is 0 Å². The molecule has 1 atom stereocenters. The Balaban J connectivity index is 1.51. The number of nitro groups is 1. The second-order valence-corrected chi connectivity index (χ2v) is 10.3. The van der Waals surface area contributed by atoms with Crippen LogP contribution in [0.25, 0.3) is 6.08 Å². The van der Waals surface area contributed by atoms with Gasteiger partial charge in [0.05, 0.1) is 17.6 Å². The van der Waals surface area contributed by atoms with E-state index in [9.17, 15) is 19.7 Å². The maximum atomic E-state index is 13.7. The van der Waals surface area contributed by atoms with E-state index in [-0.39, 0.29) is 30.2 Å². The van der Waals surface area contributed by atoms with Gasteiger partial charge in [-0.2, -0.15) is 0 Å². The van der Waals surface area contributed by atoms with Crippen LogP contribution in [0.4, 0.5) is 5.69 Å². The first kappa shape index (κ1) is 27.2. The molecule has 8 nitrogen and oxygen atoms in total. The van der Waals surface area contributed by atoms with E-state index >= 15 is 0 Å². The Morgan fingerprint density at radius 2 is 1.84 bits per heavy atom. The van der Waals surface area contributed by atoms with Gasteiger partial charge in [-0.05, 0) is 66.1 Å². The zero-order valence-corrected chi connectivity index (χ0v) is 22.1. The molecular formula is C29H31N3O5S. The van der Waals surface area contributed by atoms with Crippen LogP contribution in [0.2, 0.25) is 0 Å². The third-order valence-electron chi connectivity index (χ3n) is 6.48. The molecule has 0 spiro atoms. The lowest BCUT2D eigenvalue weighted by atomic mass is 10.1. The molecule has 198 valence electrons. The molecule has 2 heterocycles. The van der Waals surface area contributed by atoms with Gasteiger partial charge in [-0.25, -0.2) is 0 Å². The molecule has 1 fully saturated rings. The van der Waals surface area contributed by atoms with Crippen LogP contribution >= 0.6 is 11.3 Å². The van der Waals surface area contributed by atoms with Crippen molar-refractivity contribution in [3.63, 3.8) is 0 Å². The molecule has 1 aliphatic rings. The lowest BCUT2D eigenvalue weighted by Gasteiger charge is -2.28. The summed E-state index contributed by atoms with van der Waals surface area (Å²) >= 11 is 1.62. The van der Waals surface area contributed by atoms with Gasteiger partial charge in [0.1, 0.15) is 6.54 Å². The van der Waals surface area contributed by atoms with Crippen molar-refractivity contribution in [1.29, 1.82) is 0 Å². The second kappa shape index (κ2) is 13.1.